The summed E-state index contributed by atoms with van der Waals surface area (Å²) < 4.78 is 40.3. The van der Waals surface area contributed by atoms with Gasteiger partial charge < -0.3 is 0 Å². The summed E-state index contributed by atoms with van der Waals surface area (Å²) in [5.41, 5.74) is 0.0176. The van der Waals surface area contributed by atoms with Crippen molar-refractivity contribution in [2.24, 2.45) is 0 Å². The molecule has 2 heterocycles. The summed E-state index contributed by atoms with van der Waals surface area (Å²) in [4.78, 5) is 4.07. The van der Waals surface area contributed by atoms with Crippen LogP contribution in [0.3, 0.4) is 0 Å². The summed E-state index contributed by atoms with van der Waals surface area (Å²) in [6.07, 6.45) is -1.41. The third-order valence-corrected chi connectivity index (χ3v) is 3.37. The number of rotatable bonds is 1. The number of hydrogen-bond acceptors (Lipinski definition) is 3. The maximum Gasteiger partial charge on any atom is 0.417 e. The van der Waals surface area contributed by atoms with Crippen LogP contribution < -0.4 is 0 Å². The number of hydrogen-bond donors (Lipinski definition) is 0. The third kappa shape index (κ3) is 2.44. The second-order valence-corrected chi connectivity index (χ2v) is 4.86. The van der Waals surface area contributed by atoms with Gasteiger partial charge in [-0.1, -0.05) is 17.7 Å². The highest BCUT2D eigenvalue weighted by Gasteiger charge is 2.33. The van der Waals surface area contributed by atoms with Crippen LogP contribution in [0, 0.1) is 6.92 Å². The van der Waals surface area contributed by atoms with Gasteiger partial charge in [-0.25, -0.2) is 4.98 Å². The molecule has 1 aromatic carbocycles. The molecule has 0 aliphatic carbocycles. The van der Waals surface area contributed by atoms with Gasteiger partial charge in [-0.05, 0) is 24.6 Å². The van der Waals surface area contributed by atoms with Crippen LogP contribution >= 0.6 is 11.6 Å². The van der Waals surface area contributed by atoms with Crippen LogP contribution in [0.4, 0.5) is 13.2 Å². The van der Waals surface area contributed by atoms with Crippen LogP contribution in [-0.4, -0.2) is 19.6 Å². The SMILES string of the molecule is Cc1nnc2ncc(-c3ccc(Cl)c(C(F)(F)F)c3)cn12. The molecule has 0 radical (unpaired) electrons. The smallest absolute Gasteiger partial charge is 0.270 e. The molecule has 0 aliphatic heterocycles. The van der Waals surface area contributed by atoms with E-state index in [4.69, 9.17) is 11.6 Å². The molecule has 21 heavy (non-hydrogen) atoms. The Balaban J connectivity index is 2.16. The van der Waals surface area contributed by atoms with E-state index in [2.05, 4.69) is 15.2 Å². The van der Waals surface area contributed by atoms with Crippen LogP contribution in [0.25, 0.3) is 16.9 Å². The molecular formula is C13H8ClF3N4. The molecule has 0 unspecified atom stereocenters. The number of alkyl halides is 3. The van der Waals surface area contributed by atoms with Gasteiger partial charge in [0.15, 0.2) is 0 Å². The Morgan fingerprint density at radius 1 is 1.14 bits per heavy atom. The molecule has 0 atom stereocenters. The standard InChI is InChI=1S/C13H8ClF3N4/c1-7-19-20-12-18-5-9(6-21(7)12)8-2-3-11(14)10(4-8)13(15,16)17/h2-6H,1H3. The first kappa shape index (κ1) is 13.8. The molecule has 0 aliphatic rings. The van der Waals surface area contributed by atoms with E-state index >= 15 is 0 Å². The number of aromatic nitrogens is 4. The van der Waals surface area contributed by atoms with Crippen molar-refractivity contribution in [3.8, 4) is 11.1 Å². The van der Waals surface area contributed by atoms with Crippen LogP contribution in [-0.2, 0) is 6.18 Å². The molecule has 3 rings (SSSR count). The maximum absolute atomic E-state index is 12.9. The van der Waals surface area contributed by atoms with E-state index < -0.39 is 11.7 Å². The first-order chi connectivity index (χ1) is 9.86. The minimum Gasteiger partial charge on any atom is -0.270 e. The predicted octanol–water partition coefficient (Wildman–Crippen LogP) is 3.77. The van der Waals surface area contributed by atoms with Crippen molar-refractivity contribution in [2.45, 2.75) is 13.1 Å². The van der Waals surface area contributed by atoms with Gasteiger partial charge in [0.2, 0.25) is 0 Å². The average molecular weight is 313 g/mol. The van der Waals surface area contributed by atoms with Crippen LogP contribution in [0.2, 0.25) is 5.02 Å². The monoisotopic (exact) mass is 312 g/mol. The molecule has 0 N–H and O–H groups in total. The summed E-state index contributed by atoms with van der Waals surface area (Å²) in [5.74, 6) is 0.991. The quantitative estimate of drug-likeness (QED) is 0.687. The zero-order valence-electron chi connectivity index (χ0n) is 10.7. The maximum atomic E-state index is 12.9. The highest BCUT2D eigenvalue weighted by molar-refractivity contribution is 6.31. The molecule has 0 bridgehead atoms. The average Bonchev–Trinajstić information content (AvgIpc) is 2.79. The van der Waals surface area contributed by atoms with E-state index in [1.165, 1.54) is 18.3 Å². The number of fused-ring (bicyclic) bond motifs is 1. The first-order valence-electron chi connectivity index (χ1n) is 5.91. The van der Waals surface area contributed by atoms with Gasteiger partial charge >= 0.3 is 6.18 Å². The Kier molecular flexibility index (Phi) is 3.09. The van der Waals surface area contributed by atoms with E-state index in [0.29, 0.717) is 22.7 Å². The largest absolute Gasteiger partial charge is 0.417 e. The number of nitrogens with zero attached hydrogens (tertiary/aromatic N) is 4. The number of aryl methyl sites for hydroxylation is 1. The van der Waals surface area contributed by atoms with E-state index in [1.807, 2.05) is 0 Å². The van der Waals surface area contributed by atoms with Gasteiger partial charge in [0.05, 0.1) is 10.6 Å². The van der Waals surface area contributed by atoms with Crippen molar-refractivity contribution in [3.05, 3.63) is 47.0 Å². The molecule has 8 heteroatoms. The Bertz CT molecular complexity index is 826. The van der Waals surface area contributed by atoms with Gasteiger partial charge in [0.25, 0.3) is 5.78 Å². The summed E-state index contributed by atoms with van der Waals surface area (Å²) in [6, 6.07) is 3.74. The lowest BCUT2D eigenvalue weighted by Crippen LogP contribution is -2.06. The molecule has 3 aromatic rings. The highest BCUT2D eigenvalue weighted by Crippen LogP contribution is 2.37. The van der Waals surface area contributed by atoms with Gasteiger partial charge in [0.1, 0.15) is 5.82 Å². The zero-order valence-corrected chi connectivity index (χ0v) is 11.4. The van der Waals surface area contributed by atoms with Crippen LogP contribution in [0.5, 0.6) is 0 Å². The second kappa shape index (κ2) is 4.70. The van der Waals surface area contributed by atoms with Gasteiger partial charge in [-0.3, -0.25) is 4.40 Å². The summed E-state index contributed by atoms with van der Waals surface area (Å²) in [5, 5.41) is 7.34. The lowest BCUT2D eigenvalue weighted by atomic mass is 10.1. The fraction of sp³-hybridized carbons (Fsp3) is 0.154. The van der Waals surface area contributed by atoms with Crippen molar-refractivity contribution in [1.82, 2.24) is 19.6 Å². The molecule has 108 valence electrons. The van der Waals surface area contributed by atoms with E-state index in [1.54, 1.807) is 17.5 Å². The lowest BCUT2D eigenvalue weighted by Gasteiger charge is -2.11. The molecular weight excluding hydrogens is 305 g/mol. The molecule has 0 spiro atoms. The van der Waals surface area contributed by atoms with Crippen molar-refractivity contribution < 1.29 is 13.2 Å². The lowest BCUT2D eigenvalue weighted by molar-refractivity contribution is -0.137. The van der Waals surface area contributed by atoms with Crippen molar-refractivity contribution in [3.63, 3.8) is 0 Å². The first-order valence-corrected chi connectivity index (χ1v) is 6.28. The minimum atomic E-state index is -4.50. The molecule has 0 amide bonds. The van der Waals surface area contributed by atoms with Crippen LogP contribution in [0.1, 0.15) is 11.4 Å². The zero-order chi connectivity index (χ0) is 15.2. The van der Waals surface area contributed by atoms with Crippen molar-refractivity contribution in [2.75, 3.05) is 0 Å². The topological polar surface area (TPSA) is 43.1 Å². The Labute approximate surface area is 122 Å². The number of halogens is 4. The van der Waals surface area contributed by atoms with Crippen molar-refractivity contribution in [1.29, 1.82) is 0 Å². The van der Waals surface area contributed by atoms with Crippen molar-refractivity contribution >= 4 is 17.4 Å². The molecule has 2 aromatic heterocycles. The fourth-order valence-corrected chi connectivity index (χ4v) is 2.19. The molecule has 0 saturated carbocycles. The Hall–Kier alpha value is -2.15. The fourth-order valence-electron chi connectivity index (χ4n) is 1.97. The summed E-state index contributed by atoms with van der Waals surface area (Å²) in [7, 11) is 0. The Morgan fingerprint density at radius 3 is 2.62 bits per heavy atom. The summed E-state index contributed by atoms with van der Waals surface area (Å²) in [6.45, 7) is 1.73. The van der Waals surface area contributed by atoms with Gasteiger partial charge in [0, 0.05) is 18.0 Å². The molecule has 0 fully saturated rings. The number of benzene rings is 1. The molecule has 0 saturated heterocycles. The third-order valence-electron chi connectivity index (χ3n) is 3.04. The van der Waals surface area contributed by atoms with Crippen LogP contribution in [0.15, 0.2) is 30.6 Å². The second-order valence-electron chi connectivity index (χ2n) is 4.45. The normalized spacial score (nSPS) is 12.0. The predicted molar refractivity (Wildman–Crippen MR) is 71.0 cm³/mol. The Morgan fingerprint density at radius 2 is 1.90 bits per heavy atom. The van der Waals surface area contributed by atoms with Gasteiger partial charge in [-0.15, -0.1) is 10.2 Å². The van der Waals surface area contributed by atoms with Gasteiger partial charge in [-0.2, -0.15) is 13.2 Å². The highest BCUT2D eigenvalue weighted by atomic mass is 35.5. The van der Waals surface area contributed by atoms with E-state index in [0.717, 1.165) is 6.07 Å². The van der Waals surface area contributed by atoms with E-state index in [-0.39, 0.29) is 5.02 Å². The minimum absolute atomic E-state index is 0.333. The molecule has 4 nitrogen and oxygen atoms in total. The summed E-state index contributed by atoms with van der Waals surface area (Å²) >= 11 is 5.61. The van der Waals surface area contributed by atoms with E-state index in [9.17, 15) is 13.2 Å².